The minimum Gasteiger partial charge on any atom is -0.354 e. The Morgan fingerprint density at radius 3 is 2.86 bits per heavy atom. The maximum atomic E-state index is 4.48. The molecule has 0 amide bonds. The predicted octanol–water partition coefficient (Wildman–Crippen LogP) is 0.527. The van der Waals surface area contributed by atoms with Gasteiger partial charge in [0.2, 0.25) is 0 Å². The zero-order chi connectivity index (χ0) is 10.1. The van der Waals surface area contributed by atoms with Crippen molar-refractivity contribution in [3.8, 4) is 0 Å². The van der Waals surface area contributed by atoms with Gasteiger partial charge in [-0.2, -0.15) is 5.10 Å². The Kier molecular flexibility index (Phi) is 2.46. The van der Waals surface area contributed by atoms with Crippen LogP contribution in [-0.2, 0) is 7.05 Å². The van der Waals surface area contributed by atoms with Gasteiger partial charge in [-0.25, -0.2) is 0 Å². The van der Waals surface area contributed by atoms with Crippen molar-refractivity contribution in [3.63, 3.8) is 0 Å². The third-order valence-corrected chi connectivity index (χ3v) is 3.02. The highest BCUT2D eigenvalue weighted by molar-refractivity contribution is 5.41. The van der Waals surface area contributed by atoms with Gasteiger partial charge in [0, 0.05) is 37.9 Å². The van der Waals surface area contributed by atoms with Crippen LogP contribution < -0.4 is 10.2 Å². The van der Waals surface area contributed by atoms with Crippen LogP contribution >= 0.6 is 0 Å². The number of likely N-dealkylation sites (N-methyl/N-ethyl adjacent to an activating group) is 1. The highest BCUT2D eigenvalue weighted by atomic mass is 15.4. The second-order valence-electron chi connectivity index (χ2n) is 3.99. The van der Waals surface area contributed by atoms with Gasteiger partial charge in [0.25, 0.3) is 0 Å². The maximum Gasteiger partial charge on any atom is 0.150 e. The SMILES string of the molecule is CNC1CCN(c2cc(C)n(C)n2)C1. The van der Waals surface area contributed by atoms with E-state index in [0.717, 1.165) is 18.9 Å². The lowest BCUT2D eigenvalue weighted by atomic mass is 10.3. The van der Waals surface area contributed by atoms with Gasteiger partial charge in [-0.3, -0.25) is 4.68 Å². The molecule has 14 heavy (non-hydrogen) atoms. The van der Waals surface area contributed by atoms with E-state index in [-0.39, 0.29) is 0 Å². The highest BCUT2D eigenvalue weighted by Crippen LogP contribution is 2.19. The first-order valence-corrected chi connectivity index (χ1v) is 5.13. The summed E-state index contributed by atoms with van der Waals surface area (Å²) in [6, 6.07) is 2.77. The van der Waals surface area contributed by atoms with Crippen molar-refractivity contribution in [2.45, 2.75) is 19.4 Å². The van der Waals surface area contributed by atoms with Crippen molar-refractivity contribution in [1.29, 1.82) is 0 Å². The molecule has 1 atom stereocenters. The Balaban J connectivity index is 2.09. The summed E-state index contributed by atoms with van der Waals surface area (Å²) >= 11 is 0. The molecule has 0 aromatic carbocycles. The molecule has 0 radical (unpaired) electrons. The highest BCUT2D eigenvalue weighted by Gasteiger charge is 2.22. The number of aryl methyl sites for hydroxylation is 2. The van der Waals surface area contributed by atoms with Gasteiger partial charge < -0.3 is 10.2 Å². The van der Waals surface area contributed by atoms with Gasteiger partial charge in [0.1, 0.15) is 0 Å². The average Bonchev–Trinajstić information content (AvgIpc) is 2.74. The Hall–Kier alpha value is -1.03. The van der Waals surface area contributed by atoms with Crippen molar-refractivity contribution in [2.75, 3.05) is 25.0 Å². The molecule has 1 aliphatic heterocycles. The van der Waals surface area contributed by atoms with E-state index in [2.05, 4.69) is 28.3 Å². The number of anilines is 1. The molecule has 1 unspecified atom stereocenters. The summed E-state index contributed by atoms with van der Waals surface area (Å²) in [4.78, 5) is 2.34. The Bertz CT molecular complexity index is 298. The third-order valence-electron chi connectivity index (χ3n) is 3.02. The van der Waals surface area contributed by atoms with Crippen LogP contribution in [0.4, 0.5) is 5.82 Å². The molecule has 1 N–H and O–H groups in total. The smallest absolute Gasteiger partial charge is 0.150 e. The average molecular weight is 194 g/mol. The molecule has 1 aromatic rings. The van der Waals surface area contributed by atoms with Crippen LogP contribution in [0.2, 0.25) is 0 Å². The quantitative estimate of drug-likeness (QED) is 0.745. The molecule has 0 bridgehead atoms. The van der Waals surface area contributed by atoms with Crippen molar-refractivity contribution in [2.24, 2.45) is 7.05 Å². The molecule has 1 aliphatic rings. The Morgan fingerprint density at radius 2 is 2.36 bits per heavy atom. The first-order chi connectivity index (χ1) is 6.70. The van der Waals surface area contributed by atoms with E-state index in [0.29, 0.717) is 6.04 Å². The van der Waals surface area contributed by atoms with E-state index < -0.39 is 0 Å². The standard InChI is InChI=1S/C10H18N4/c1-8-6-10(12-13(8)3)14-5-4-9(7-14)11-2/h6,9,11H,4-5,7H2,1-3H3. The van der Waals surface area contributed by atoms with E-state index >= 15 is 0 Å². The van der Waals surface area contributed by atoms with Crippen LogP contribution in [0.15, 0.2) is 6.07 Å². The first kappa shape index (κ1) is 9.52. The molecule has 4 nitrogen and oxygen atoms in total. The summed E-state index contributed by atoms with van der Waals surface area (Å²) in [6.45, 7) is 4.27. The molecule has 2 rings (SSSR count). The number of hydrogen-bond donors (Lipinski definition) is 1. The van der Waals surface area contributed by atoms with Crippen LogP contribution in [0.25, 0.3) is 0 Å². The van der Waals surface area contributed by atoms with Crippen molar-refractivity contribution in [1.82, 2.24) is 15.1 Å². The monoisotopic (exact) mass is 194 g/mol. The van der Waals surface area contributed by atoms with Crippen LogP contribution in [0, 0.1) is 6.92 Å². The number of nitrogens with zero attached hydrogens (tertiary/aromatic N) is 3. The summed E-state index contributed by atoms with van der Waals surface area (Å²) in [5, 5.41) is 7.78. The van der Waals surface area contributed by atoms with Crippen LogP contribution in [0.5, 0.6) is 0 Å². The van der Waals surface area contributed by atoms with Crippen LogP contribution in [-0.4, -0.2) is 36.0 Å². The molecular formula is C10H18N4. The summed E-state index contributed by atoms with van der Waals surface area (Å²) in [5.74, 6) is 1.11. The Labute approximate surface area is 84.9 Å². The van der Waals surface area contributed by atoms with Crippen molar-refractivity contribution < 1.29 is 0 Å². The number of nitrogens with one attached hydrogen (secondary N) is 1. The molecular weight excluding hydrogens is 176 g/mol. The minimum atomic E-state index is 0.623. The van der Waals surface area contributed by atoms with Gasteiger partial charge in [-0.05, 0) is 20.4 Å². The fourth-order valence-electron chi connectivity index (χ4n) is 1.90. The van der Waals surface area contributed by atoms with E-state index in [9.17, 15) is 0 Å². The van der Waals surface area contributed by atoms with E-state index in [1.54, 1.807) is 0 Å². The molecule has 78 valence electrons. The lowest BCUT2D eigenvalue weighted by molar-refractivity contribution is 0.616. The number of hydrogen-bond acceptors (Lipinski definition) is 3. The number of aromatic nitrogens is 2. The van der Waals surface area contributed by atoms with Crippen LogP contribution in [0.3, 0.4) is 0 Å². The molecule has 0 spiro atoms. The van der Waals surface area contributed by atoms with Gasteiger partial charge in [0.15, 0.2) is 5.82 Å². The lowest BCUT2D eigenvalue weighted by Gasteiger charge is -2.14. The number of rotatable bonds is 2. The Morgan fingerprint density at radius 1 is 1.57 bits per heavy atom. The predicted molar refractivity (Wildman–Crippen MR) is 57.6 cm³/mol. The van der Waals surface area contributed by atoms with Gasteiger partial charge >= 0.3 is 0 Å². The third kappa shape index (κ3) is 1.62. The molecule has 1 aromatic heterocycles. The van der Waals surface area contributed by atoms with Gasteiger partial charge in [0.05, 0.1) is 0 Å². The molecule has 4 heteroatoms. The van der Waals surface area contributed by atoms with Crippen LogP contribution in [0.1, 0.15) is 12.1 Å². The zero-order valence-electron chi connectivity index (χ0n) is 9.12. The molecule has 1 fully saturated rings. The second-order valence-corrected chi connectivity index (χ2v) is 3.99. The normalized spacial score (nSPS) is 21.9. The van der Waals surface area contributed by atoms with E-state index in [1.807, 2.05) is 18.8 Å². The summed E-state index contributed by atoms with van der Waals surface area (Å²) in [6.07, 6.45) is 1.21. The van der Waals surface area contributed by atoms with E-state index in [1.165, 1.54) is 12.1 Å². The van der Waals surface area contributed by atoms with Gasteiger partial charge in [-0.15, -0.1) is 0 Å². The van der Waals surface area contributed by atoms with E-state index in [4.69, 9.17) is 0 Å². The maximum absolute atomic E-state index is 4.48. The fraction of sp³-hybridized carbons (Fsp3) is 0.700. The molecule has 0 aliphatic carbocycles. The second kappa shape index (κ2) is 3.61. The first-order valence-electron chi connectivity index (χ1n) is 5.13. The van der Waals surface area contributed by atoms with Crippen molar-refractivity contribution in [3.05, 3.63) is 11.8 Å². The van der Waals surface area contributed by atoms with Crippen molar-refractivity contribution >= 4 is 5.82 Å². The lowest BCUT2D eigenvalue weighted by Crippen LogP contribution is -2.29. The topological polar surface area (TPSA) is 33.1 Å². The summed E-state index contributed by atoms with van der Waals surface area (Å²) < 4.78 is 1.93. The minimum absolute atomic E-state index is 0.623. The van der Waals surface area contributed by atoms with Gasteiger partial charge in [-0.1, -0.05) is 0 Å². The summed E-state index contributed by atoms with van der Waals surface area (Å²) in [7, 11) is 4.02. The fourth-order valence-corrected chi connectivity index (χ4v) is 1.90. The molecule has 0 saturated carbocycles. The molecule has 2 heterocycles. The molecule has 1 saturated heterocycles. The summed E-state index contributed by atoms with van der Waals surface area (Å²) in [5.41, 5.74) is 1.22. The zero-order valence-corrected chi connectivity index (χ0v) is 9.12. The largest absolute Gasteiger partial charge is 0.354 e.